The molecule has 0 spiro atoms. The first-order valence-electron chi connectivity index (χ1n) is 11.4. The Morgan fingerprint density at radius 2 is 1.31 bits per heavy atom. The summed E-state index contributed by atoms with van der Waals surface area (Å²) in [4.78, 5) is 71.6. The molecule has 0 aliphatic carbocycles. The van der Waals surface area contributed by atoms with Crippen LogP contribution in [-0.2, 0) is 28.8 Å². The molecule has 0 aliphatic heterocycles. The van der Waals surface area contributed by atoms with Crippen LogP contribution in [-0.4, -0.2) is 76.5 Å². The van der Waals surface area contributed by atoms with Gasteiger partial charge in [-0.3, -0.25) is 24.0 Å². The summed E-state index contributed by atoms with van der Waals surface area (Å²) in [6.07, 6.45) is -0.0564. The van der Waals surface area contributed by atoms with Crippen LogP contribution in [0.15, 0.2) is 0 Å². The second-order valence-electron chi connectivity index (χ2n) is 8.65. The Morgan fingerprint density at radius 1 is 0.800 bits per heavy atom. The SMILES string of the molecule is CC(C)CC(N)C(=O)NC(CCC(=O)O)C(=O)NC(CCCCN)C(=O)NC(CC(N)=O)C(=O)O. The third kappa shape index (κ3) is 13.9. The van der Waals surface area contributed by atoms with Crippen molar-refractivity contribution in [3.63, 3.8) is 0 Å². The first-order valence-corrected chi connectivity index (χ1v) is 11.4. The number of nitrogens with one attached hydrogen (secondary N) is 3. The summed E-state index contributed by atoms with van der Waals surface area (Å²) < 4.78 is 0. The lowest BCUT2D eigenvalue weighted by atomic mass is 10.0. The topological polar surface area (TPSA) is 257 Å². The van der Waals surface area contributed by atoms with Crippen LogP contribution in [0.4, 0.5) is 0 Å². The van der Waals surface area contributed by atoms with E-state index in [0.29, 0.717) is 25.8 Å². The van der Waals surface area contributed by atoms with Crippen LogP contribution < -0.4 is 33.2 Å². The largest absolute Gasteiger partial charge is 0.481 e. The summed E-state index contributed by atoms with van der Waals surface area (Å²) in [6, 6.07) is -5.07. The predicted octanol–water partition coefficient (Wildman–Crippen LogP) is -2.23. The Labute approximate surface area is 203 Å². The maximum absolute atomic E-state index is 12.9. The van der Waals surface area contributed by atoms with Crippen LogP contribution in [0.25, 0.3) is 0 Å². The third-order valence-electron chi connectivity index (χ3n) is 4.94. The van der Waals surface area contributed by atoms with E-state index in [0.717, 1.165) is 0 Å². The second-order valence-corrected chi connectivity index (χ2v) is 8.65. The number of hydrogen-bond donors (Lipinski definition) is 8. The van der Waals surface area contributed by atoms with E-state index in [1.807, 2.05) is 13.8 Å². The Balaban J connectivity index is 5.59. The minimum atomic E-state index is -1.61. The van der Waals surface area contributed by atoms with Crippen LogP contribution in [0, 0.1) is 5.92 Å². The first-order chi connectivity index (χ1) is 16.3. The molecule has 0 aliphatic rings. The molecule has 14 heteroatoms. The van der Waals surface area contributed by atoms with Crippen molar-refractivity contribution in [2.24, 2.45) is 23.1 Å². The minimum absolute atomic E-state index is 0.0736. The molecule has 0 bridgehead atoms. The van der Waals surface area contributed by atoms with Crippen molar-refractivity contribution >= 4 is 35.6 Å². The Bertz CT molecular complexity index is 760. The number of carbonyl (C=O) groups is 6. The van der Waals surface area contributed by atoms with Crippen molar-refractivity contribution in [2.75, 3.05) is 6.54 Å². The first kappa shape index (κ1) is 31.7. The van der Waals surface area contributed by atoms with Gasteiger partial charge in [-0.05, 0) is 44.6 Å². The van der Waals surface area contributed by atoms with E-state index in [9.17, 15) is 33.9 Å². The van der Waals surface area contributed by atoms with Crippen molar-refractivity contribution in [3.05, 3.63) is 0 Å². The van der Waals surface area contributed by atoms with Crippen LogP contribution in [0.1, 0.15) is 58.8 Å². The summed E-state index contributed by atoms with van der Waals surface area (Å²) in [5.41, 5.74) is 16.3. The van der Waals surface area contributed by atoms with Gasteiger partial charge in [-0.1, -0.05) is 13.8 Å². The zero-order chi connectivity index (χ0) is 27.1. The number of aliphatic carboxylic acids is 2. The van der Waals surface area contributed by atoms with Gasteiger partial charge in [-0.15, -0.1) is 0 Å². The summed E-state index contributed by atoms with van der Waals surface area (Å²) in [6.45, 7) is 4.02. The van der Waals surface area contributed by atoms with Gasteiger partial charge in [0.25, 0.3) is 0 Å². The monoisotopic (exact) mass is 502 g/mol. The van der Waals surface area contributed by atoms with E-state index in [2.05, 4.69) is 16.0 Å². The molecule has 4 atom stereocenters. The van der Waals surface area contributed by atoms with E-state index < -0.39 is 72.6 Å². The molecule has 4 unspecified atom stereocenters. The number of carboxylic acids is 2. The molecule has 0 aromatic carbocycles. The van der Waals surface area contributed by atoms with E-state index in [1.165, 1.54) is 0 Å². The molecule has 0 aromatic rings. The fourth-order valence-electron chi connectivity index (χ4n) is 3.14. The molecule has 11 N–H and O–H groups in total. The lowest BCUT2D eigenvalue weighted by Crippen LogP contribution is -2.57. The zero-order valence-electron chi connectivity index (χ0n) is 20.1. The smallest absolute Gasteiger partial charge is 0.326 e. The normalized spacial score (nSPS) is 14.3. The highest BCUT2D eigenvalue weighted by Crippen LogP contribution is 2.07. The molecule has 0 saturated heterocycles. The number of nitrogens with two attached hydrogens (primary N) is 3. The molecule has 14 nitrogen and oxygen atoms in total. The van der Waals surface area contributed by atoms with Gasteiger partial charge in [-0.2, -0.15) is 0 Å². The van der Waals surface area contributed by atoms with Crippen LogP contribution >= 0.6 is 0 Å². The maximum atomic E-state index is 12.9. The van der Waals surface area contributed by atoms with Crippen molar-refractivity contribution in [3.8, 4) is 0 Å². The van der Waals surface area contributed by atoms with Gasteiger partial charge >= 0.3 is 11.9 Å². The number of primary amides is 1. The zero-order valence-corrected chi connectivity index (χ0v) is 20.1. The molecule has 0 rings (SSSR count). The number of hydrogen-bond acceptors (Lipinski definition) is 8. The summed E-state index contributed by atoms with van der Waals surface area (Å²) in [5.74, 6) is -5.92. The average molecular weight is 503 g/mol. The predicted molar refractivity (Wildman–Crippen MR) is 124 cm³/mol. The number of carboxylic acid groups (broad SMARTS) is 2. The minimum Gasteiger partial charge on any atom is -0.481 e. The van der Waals surface area contributed by atoms with Gasteiger partial charge in [0.1, 0.15) is 18.1 Å². The molecule has 35 heavy (non-hydrogen) atoms. The van der Waals surface area contributed by atoms with Gasteiger partial charge < -0.3 is 43.4 Å². The van der Waals surface area contributed by atoms with Crippen LogP contribution in [0.5, 0.6) is 0 Å². The van der Waals surface area contributed by atoms with Gasteiger partial charge in [0, 0.05) is 6.42 Å². The highest BCUT2D eigenvalue weighted by molar-refractivity contribution is 5.95. The molecular weight excluding hydrogens is 464 g/mol. The number of rotatable bonds is 18. The lowest BCUT2D eigenvalue weighted by molar-refractivity contribution is -0.143. The molecule has 0 aromatic heterocycles. The third-order valence-corrected chi connectivity index (χ3v) is 4.94. The lowest BCUT2D eigenvalue weighted by Gasteiger charge is -2.25. The van der Waals surface area contributed by atoms with E-state index in [-0.39, 0.29) is 18.8 Å². The molecule has 0 heterocycles. The summed E-state index contributed by atoms with van der Waals surface area (Å²) in [5, 5.41) is 25.3. The van der Waals surface area contributed by atoms with Crippen molar-refractivity contribution in [1.29, 1.82) is 0 Å². The molecule has 4 amide bonds. The summed E-state index contributed by atoms with van der Waals surface area (Å²) in [7, 11) is 0. The maximum Gasteiger partial charge on any atom is 0.326 e. The highest BCUT2D eigenvalue weighted by Gasteiger charge is 2.31. The standard InChI is InChI=1S/C21H38N6O8/c1-11(2)9-12(23)18(31)25-14(6-7-17(29)30)20(33)26-13(5-3-4-8-22)19(32)27-15(21(34)35)10-16(24)28/h11-15H,3-10,22-23H2,1-2H3,(H2,24,28)(H,25,31)(H,26,33)(H,27,32)(H,29,30)(H,34,35). The van der Waals surface area contributed by atoms with Crippen molar-refractivity contribution in [1.82, 2.24) is 16.0 Å². The van der Waals surface area contributed by atoms with Crippen LogP contribution in [0.2, 0.25) is 0 Å². The Kier molecular flexibility index (Phi) is 14.9. The van der Waals surface area contributed by atoms with E-state index in [1.54, 1.807) is 0 Å². The van der Waals surface area contributed by atoms with Crippen LogP contribution in [0.3, 0.4) is 0 Å². The number of amides is 4. The molecular formula is C21H38N6O8. The number of unbranched alkanes of at least 4 members (excludes halogenated alkanes) is 1. The van der Waals surface area contributed by atoms with E-state index in [4.69, 9.17) is 22.3 Å². The molecule has 200 valence electrons. The van der Waals surface area contributed by atoms with Gasteiger partial charge in [-0.25, -0.2) is 4.79 Å². The highest BCUT2D eigenvalue weighted by atomic mass is 16.4. The fourth-order valence-corrected chi connectivity index (χ4v) is 3.14. The molecule has 0 radical (unpaired) electrons. The van der Waals surface area contributed by atoms with Gasteiger partial charge in [0.15, 0.2) is 0 Å². The quantitative estimate of drug-likeness (QED) is 0.0935. The van der Waals surface area contributed by atoms with Gasteiger partial charge in [0.2, 0.25) is 23.6 Å². The Hall–Kier alpha value is -3.26. The molecule has 0 saturated carbocycles. The average Bonchev–Trinajstić information content (AvgIpc) is 2.74. The number of carbonyl (C=O) groups excluding carboxylic acids is 4. The Morgan fingerprint density at radius 3 is 1.77 bits per heavy atom. The van der Waals surface area contributed by atoms with E-state index >= 15 is 0 Å². The second kappa shape index (κ2) is 16.4. The summed E-state index contributed by atoms with van der Waals surface area (Å²) >= 11 is 0. The van der Waals surface area contributed by atoms with Crippen molar-refractivity contribution in [2.45, 2.75) is 83.0 Å². The fraction of sp³-hybridized carbons (Fsp3) is 0.714. The van der Waals surface area contributed by atoms with Crippen molar-refractivity contribution < 1.29 is 39.0 Å². The molecule has 0 fully saturated rings. The van der Waals surface area contributed by atoms with Gasteiger partial charge in [0.05, 0.1) is 12.5 Å².